The minimum Gasteiger partial charge on any atom is -0.394 e. The number of aromatic nitrogens is 2. The lowest BCUT2D eigenvalue weighted by atomic mass is 9.84. The number of aryl methyl sites for hydroxylation is 1. The summed E-state index contributed by atoms with van der Waals surface area (Å²) in [4.78, 5) is 0. The Morgan fingerprint density at radius 1 is 1.30 bits per heavy atom. The largest absolute Gasteiger partial charge is 0.394 e. The third-order valence-electron chi connectivity index (χ3n) is 4.32. The average Bonchev–Trinajstić information content (AvgIpc) is 2.75. The van der Waals surface area contributed by atoms with E-state index >= 15 is 0 Å². The van der Waals surface area contributed by atoms with E-state index in [-0.39, 0.29) is 17.8 Å². The highest BCUT2D eigenvalue weighted by Gasteiger charge is 2.21. The Morgan fingerprint density at radius 3 is 2.70 bits per heavy atom. The summed E-state index contributed by atoms with van der Waals surface area (Å²) in [6.07, 6.45) is 0. The summed E-state index contributed by atoms with van der Waals surface area (Å²) in [7, 11) is 0. The van der Waals surface area contributed by atoms with Crippen LogP contribution < -0.4 is 5.32 Å². The molecule has 0 fully saturated rings. The zero-order valence-electron chi connectivity index (χ0n) is 14.4. The van der Waals surface area contributed by atoms with Crippen molar-refractivity contribution >= 4 is 0 Å². The molecule has 0 aliphatic rings. The number of hydrogen-bond acceptors (Lipinski definition) is 3. The van der Waals surface area contributed by atoms with Crippen molar-refractivity contribution in [2.45, 2.75) is 46.2 Å². The number of hydrogen-bond donors (Lipinski definition) is 2. The lowest BCUT2D eigenvalue weighted by Gasteiger charge is -2.26. The number of nitrogens with zero attached hydrogens (tertiary/aromatic N) is 2. The molecule has 0 spiro atoms. The van der Waals surface area contributed by atoms with E-state index in [2.05, 4.69) is 24.3 Å². The highest BCUT2D eigenvalue weighted by atomic mass is 19.1. The molecule has 1 aromatic carbocycles. The predicted molar refractivity (Wildman–Crippen MR) is 89.9 cm³/mol. The van der Waals surface area contributed by atoms with E-state index in [4.69, 9.17) is 5.11 Å². The van der Waals surface area contributed by atoms with Crippen molar-refractivity contribution < 1.29 is 9.50 Å². The van der Waals surface area contributed by atoms with Gasteiger partial charge in [-0.3, -0.25) is 4.68 Å². The zero-order valence-corrected chi connectivity index (χ0v) is 14.4. The molecular formula is C18H26FN3O. The summed E-state index contributed by atoms with van der Waals surface area (Å²) in [6, 6.07) is 6.77. The van der Waals surface area contributed by atoms with Crippen molar-refractivity contribution in [1.29, 1.82) is 0 Å². The first kappa shape index (κ1) is 17.6. The first-order valence-corrected chi connectivity index (χ1v) is 7.95. The molecule has 0 saturated heterocycles. The Morgan fingerprint density at radius 2 is 2.04 bits per heavy atom. The molecule has 2 N–H and O–H groups in total. The van der Waals surface area contributed by atoms with Gasteiger partial charge in [0.1, 0.15) is 5.82 Å². The van der Waals surface area contributed by atoms with Gasteiger partial charge in [-0.1, -0.05) is 26.0 Å². The summed E-state index contributed by atoms with van der Waals surface area (Å²) < 4.78 is 15.3. The van der Waals surface area contributed by atoms with Crippen LogP contribution in [0.3, 0.4) is 0 Å². The van der Waals surface area contributed by atoms with Crippen molar-refractivity contribution in [2.75, 3.05) is 13.2 Å². The molecule has 0 aliphatic heterocycles. The van der Waals surface area contributed by atoms with Crippen LogP contribution in [-0.2, 0) is 18.5 Å². The number of aliphatic hydroxyl groups is 1. The Hall–Kier alpha value is -1.72. The van der Waals surface area contributed by atoms with Gasteiger partial charge in [-0.25, -0.2) is 4.39 Å². The van der Waals surface area contributed by atoms with Gasteiger partial charge in [0.05, 0.1) is 18.8 Å². The third-order valence-corrected chi connectivity index (χ3v) is 4.32. The number of nitrogens with one attached hydrogen (secondary N) is 1. The minimum absolute atomic E-state index is 0.0848. The van der Waals surface area contributed by atoms with Gasteiger partial charge in [0.2, 0.25) is 0 Å². The first-order chi connectivity index (χ1) is 10.8. The van der Waals surface area contributed by atoms with Gasteiger partial charge in [0.25, 0.3) is 0 Å². The van der Waals surface area contributed by atoms with Crippen LogP contribution in [0.1, 0.15) is 36.4 Å². The molecule has 0 atom stereocenters. The number of halogens is 1. The lowest BCUT2D eigenvalue weighted by Crippen LogP contribution is -2.33. The maximum absolute atomic E-state index is 13.4. The Bertz CT molecular complexity index is 664. The highest BCUT2D eigenvalue weighted by molar-refractivity contribution is 5.26. The minimum atomic E-state index is -0.201. The van der Waals surface area contributed by atoms with Crippen molar-refractivity contribution in [2.24, 2.45) is 0 Å². The van der Waals surface area contributed by atoms with Gasteiger partial charge in [-0.15, -0.1) is 0 Å². The molecule has 0 saturated carbocycles. The van der Waals surface area contributed by atoms with E-state index in [0.29, 0.717) is 13.1 Å². The van der Waals surface area contributed by atoms with Crippen molar-refractivity contribution in [3.8, 4) is 0 Å². The maximum atomic E-state index is 13.4. The quantitative estimate of drug-likeness (QED) is 0.825. The molecule has 1 aromatic heterocycles. The molecule has 126 valence electrons. The number of aliphatic hydroxyl groups excluding tert-OH is 1. The summed E-state index contributed by atoms with van der Waals surface area (Å²) in [5.41, 5.74) is 4.04. The molecule has 2 rings (SSSR count). The Labute approximate surface area is 137 Å². The number of benzene rings is 1. The highest BCUT2D eigenvalue weighted by Crippen LogP contribution is 2.23. The van der Waals surface area contributed by atoms with E-state index in [1.807, 2.05) is 24.6 Å². The molecule has 23 heavy (non-hydrogen) atoms. The molecule has 2 aromatic rings. The lowest BCUT2D eigenvalue weighted by molar-refractivity contribution is 0.267. The fourth-order valence-electron chi connectivity index (χ4n) is 2.81. The summed E-state index contributed by atoms with van der Waals surface area (Å²) in [5.74, 6) is -0.201. The van der Waals surface area contributed by atoms with Gasteiger partial charge < -0.3 is 10.4 Å². The van der Waals surface area contributed by atoms with E-state index in [1.54, 1.807) is 12.1 Å². The van der Waals surface area contributed by atoms with Crippen LogP contribution in [0.2, 0.25) is 0 Å². The average molecular weight is 319 g/mol. The van der Waals surface area contributed by atoms with Gasteiger partial charge in [-0.05, 0) is 31.5 Å². The van der Waals surface area contributed by atoms with Crippen LogP contribution in [0.25, 0.3) is 0 Å². The molecule has 1 heterocycles. The van der Waals surface area contributed by atoms with Crippen molar-refractivity contribution in [3.63, 3.8) is 0 Å². The summed E-state index contributed by atoms with van der Waals surface area (Å²) >= 11 is 0. The van der Waals surface area contributed by atoms with Crippen LogP contribution in [0.5, 0.6) is 0 Å². The normalized spacial score (nSPS) is 11.9. The van der Waals surface area contributed by atoms with Crippen molar-refractivity contribution in [3.05, 3.63) is 52.6 Å². The molecular weight excluding hydrogens is 293 g/mol. The first-order valence-electron chi connectivity index (χ1n) is 7.95. The molecule has 0 radical (unpaired) electrons. The molecule has 0 bridgehead atoms. The van der Waals surface area contributed by atoms with Crippen LogP contribution in [0.15, 0.2) is 24.3 Å². The standard InChI is InChI=1S/C18H26FN3O/c1-13-17(14(2)22(21-13)8-9-23)11-20-12-18(3,4)15-6-5-7-16(19)10-15/h5-7,10,20,23H,8-9,11-12H2,1-4H3. The summed E-state index contributed by atoms with van der Waals surface area (Å²) in [5, 5.41) is 17.0. The van der Waals surface area contributed by atoms with Crippen LogP contribution in [0, 0.1) is 19.7 Å². The van der Waals surface area contributed by atoms with Crippen molar-refractivity contribution in [1.82, 2.24) is 15.1 Å². The SMILES string of the molecule is Cc1nn(CCO)c(C)c1CNCC(C)(C)c1cccc(F)c1. The second kappa shape index (κ2) is 7.23. The third kappa shape index (κ3) is 4.18. The Kier molecular flexibility index (Phi) is 5.55. The van der Waals surface area contributed by atoms with Crippen LogP contribution in [-0.4, -0.2) is 28.0 Å². The van der Waals surface area contributed by atoms with Gasteiger partial charge in [0.15, 0.2) is 0 Å². The van der Waals surface area contributed by atoms with Crippen LogP contribution in [0.4, 0.5) is 4.39 Å². The van der Waals surface area contributed by atoms with E-state index in [1.165, 1.54) is 6.07 Å². The Balaban J connectivity index is 2.02. The number of rotatable bonds is 7. The zero-order chi connectivity index (χ0) is 17.0. The second-order valence-electron chi connectivity index (χ2n) is 6.59. The maximum Gasteiger partial charge on any atom is 0.123 e. The van der Waals surface area contributed by atoms with Gasteiger partial charge >= 0.3 is 0 Å². The molecule has 5 heteroatoms. The molecule has 0 amide bonds. The topological polar surface area (TPSA) is 50.1 Å². The molecule has 4 nitrogen and oxygen atoms in total. The fourth-order valence-corrected chi connectivity index (χ4v) is 2.81. The van der Waals surface area contributed by atoms with Gasteiger partial charge in [-0.2, -0.15) is 5.10 Å². The van der Waals surface area contributed by atoms with E-state index in [9.17, 15) is 4.39 Å². The van der Waals surface area contributed by atoms with Gasteiger partial charge in [0, 0.05) is 29.8 Å². The fraction of sp³-hybridized carbons (Fsp3) is 0.500. The van der Waals surface area contributed by atoms with E-state index in [0.717, 1.165) is 29.1 Å². The summed E-state index contributed by atoms with van der Waals surface area (Å²) in [6.45, 7) is 10.2. The monoisotopic (exact) mass is 319 g/mol. The molecule has 0 unspecified atom stereocenters. The van der Waals surface area contributed by atoms with E-state index < -0.39 is 0 Å². The van der Waals surface area contributed by atoms with Crippen LogP contribution >= 0.6 is 0 Å². The predicted octanol–water partition coefficient (Wildman–Crippen LogP) is 2.70. The smallest absolute Gasteiger partial charge is 0.123 e. The second-order valence-corrected chi connectivity index (χ2v) is 6.59. The molecule has 0 aliphatic carbocycles.